The largest absolute Gasteiger partial charge is 0.365 e. The Hall–Kier alpha value is -1.73. The maximum Gasteiger partial charge on any atom is 0.159 e. The highest BCUT2D eigenvalue weighted by Gasteiger charge is 2.08. The van der Waals surface area contributed by atoms with E-state index in [2.05, 4.69) is 36.6 Å². The van der Waals surface area contributed by atoms with Crippen molar-refractivity contribution in [2.45, 2.75) is 6.54 Å². The molecule has 0 unspecified atom stereocenters. The van der Waals surface area contributed by atoms with Crippen LogP contribution in [0, 0.1) is 5.82 Å². The van der Waals surface area contributed by atoms with Crippen molar-refractivity contribution in [2.75, 3.05) is 10.7 Å². The Morgan fingerprint density at radius 3 is 2.67 bits per heavy atom. The van der Waals surface area contributed by atoms with E-state index in [1.165, 1.54) is 12.4 Å². The van der Waals surface area contributed by atoms with Crippen LogP contribution < -0.4 is 16.6 Å². The lowest BCUT2D eigenvalue weighted by Gasteiger charge is -2.10. The number of hydrogen-bond donors (Lipinski definition) is 3. The van der Waals surface area contributed by atoms with Gasteiger partial charge in [-0.3, -0.25) is 0 Å². The molecule has 0 aliphatic rings. The van der Waals surface area contributed by atoms with Crippen LogP contribution in [0.2, 0.25) is 0 Å². The standard InChI is InChI=1S/C11H11BrFN5/c12-9-10(16-6-17-11(9)18-14)15-5-7-3-1-2-4-8(7)13/h1-4,6H,5,14H2,(H2,15,16,17,18). The van der Waals surface area contributed by atoms with Gasteiger partial charge in [-0.1, -0.05) is 18.2 Å². The van der Waals surface area contributed by atoms with Crippen LogP contribution in [0.1, 0.15) is 5.56 Å². The lowest BCUT2D eigenvalue weighted by molar-refractivity contribution is 0.613. The van der Waals surface area contributed by atoms with Crippen molar-refractivity contribution in [3.8, 4) is 0 Å². The van der Waals surface area contributed by atoms with E-state index in [4.69, 9.17) is 5.84 Å². The average Bonchev–Trinajstić information content (AvgIpc) is 2.39. The maximum absolute atomic E-state index is 13.4. The van der Waals surface area contributed by atoms with Crippen molar-refractivity contribution in [3.05, 3.63) is 46.4 Å². The second-order valence-corrected chi connectivity index (χ2v) is 4.27. The first-order chi connectivity index (χ1) is 8.72. The van der Waals surface area contributed by atoms with Crippen molar-refractivity contribution in [1.82, 2.24) is 9.97 Å². The summed E-state index contributed by atoms with van der Waals surface area (Å²) in [5.41, 5.74) is 2.99. The third-order valence-electron chi connectivity index (χ3n) is 2.33. The van der Waals surface area contributed by atoms with E-state index in [1.807, 2.05) is 0 Å². The summed E-state index contributed by atoms with van der Waals surface area (Å²) in [7, 11) is 0. The lowest BCUT2D eigenvalue weighted by atomic mass is 10.2. The van der Waals surface area contributed by atoms with Gasteiger partial charge >= 0.3 is 0 Å². The summed E-state index contributed by atoms with van der Waals surface area (Å²) in [6.07, 6.45) is 1.36. The van der Waals surface area contributed by atoms with Crippen molar-refractivity contribution in [2.24, 2.45) is 5.84 Å². The Kier molecular flexibility index (Phi) is 4.06. The van der Waals surface area contributed by atoms with E-state index < -0.39 is 0 Å². The Morgan fingerprint density at radius 2 is 1.94 bits per heavy atom. The Morgan fingerprint density at radius 1 is 1.22 bits per heavy atom. The molecule has 5 nitrogen and oxygen atoms in total. The molecule has 0 saturated carbocycles. The number of benzene rings is 1. The molecule has 0 saturated heterocycles. The minimum Gasteiger partial charge on any atom is -0.365 e. The molecule has 0 atom stereocenters. The topological polar surface area (TPSA) is 75.9 Å². The molecular weight excluding hydrogens is 301 g/mol. The molecule has 18 heavy (non-hydrogen) atoms. The fourth-order valence-corrected chi connectivity index (χ4v) is 1.87. The van der Waals surface area contributed by atoms with Gasteiger partial charge in [0.15, 0.2) is 5.82 Å². The number of nitrogens with zero attached hydrogens (tertiary/aromatic N) is 2. The number of anilines is 2. The van der Waals surface area contributed by atoms with Gasteiger partial charge in [0.1, 0.15) is 22.4 Å². The van der Waals surface area contributed by atoms with Gasteiger partial charge in [0.25, 0.3) is 0 Å². The third kappa shape index (κ3) is 2.74. The zero-order chi connectivity index (χ0) is 13.0. The van der Waals surface area contributed by atoms with E-state index in [9.17, 15) is 4.39 Å². The molecule has 4 N–H and O–H groups in total. The molecule has 0 aliphatic heterocycles. The first kappa shape index (κ1) is 12.7. The second-order valence-electron chi connectivity index (χ2n) is 3.47. The zero-order valence-electron chi connectivity index (χ0n) is 9.32. The van der Waals surface area contributed by atoms with E-state index in [1.54, 1.807) is 18.2 Å². The van der Waals surface area contributed by atoms with Crippen LogP contribution >= 0.6 is 15.9 Å². The van der Waals surface area contributed by atoms with Crippen LogP contribution in [0.4, 0.5) is 16.0 Å². The van der Waals surface area contributed by atoms with Gasteiger partial charge in [-0.05, 0) is 22.0 Å². The molecule has 1 aromatic heterocycles. The molecular formula is C11H11BrFN5. The summed E-state index contributed by atoms with van der Waals surface area (Å²) in [6.45, 7) is 0.326. The molecule has 0 spiro atoms. The van der Waals surface area contributed by atoms with Crippen molar-refractivity contribution in [1.29, 1.82) is 0 Å². The molecule has 1 aromatic carbocycles. The van der Waals surface area contributed by atoms with Crippen molar-refractivity contribution < 1.29 is 4.39 Å². The summed E-state index contributed by atoms with van der Waals surface area (Å²) in [6, 6.07) is 6.55. The number of hydrogen-bond acceptors (Lipinski definition) is 5. The first-order valence-electron chi connectivity index (χ1n) is 5.16. The normalized spacial score (nSPS) is 10.2. The summed E-state index contributed by atoms with van der Waals surface area (Å²) < 4.78 is 14.0. The van der Waals surface area contributed by atoms with Crippen molar-refractivity contribution in [3.63, 3.8) is 0 Å². The lowest BCUT2D eigenvalue weighted by Crippen LogP contribution is -2.11. The van der Waals surface area contributed by atoms with Crippen LogP contribution in [0.15, 0.2) is 35.1 Å². The number of halogens is 2. The fraction of sp³-hybridized carbons (Fsp3) is 0.0909. The highest BCUT2D eigenvalue weighted by molar-refractivity contribution is 9.10. The molecule has 0 fully saturated rings. The summed E-state index contributed by atoms with van der Waals surface area (Å²) in [4.78, 5) is 7.97. The SMILES string of the molecule is NNc1ncnc(NCc2ccccc2F)c1Br. The maximum atomic E-state index is 13.4. The van der Waals surface area contributed by atoms with Gasteiger partial charge in [0.2, 0.25) is 0 Å². The molecule has 2 rings (SSSR count). The Labute approximate surface area is 112 Å². The number of nitrogen functional groups attached to an aromatic ring is 1. The Bertz CT molecular complexity index is 549. The molecule has 0 bridgehead atoms. The number of rotatable bonds is 4. The van der Waals surface area contributed by atoms with Crippen LogP contribution in [-0.4, -0.2) is 9.97 Å². The monoisotopic (exact) mass is 311 g/mol. The Balaban J connectivity index is 2.14. The van der Waals surface area contributed by atoms with Gasteiger partial charge in [-0.25, -0.2) is 20.2 Å². The first-order valence-corrected chi connectivity index (χ1v) is 5.96. The minimum atomic E-state index is -0.257. The van der Waals surface area contributed by atoms with E-state index in [-0.39, 0.29) is 5.82 Å². The second kappa shape index (κ2) is 5.74. The van der Waals surface area contributed by atoms with Gasteiger partial charge in [-0.2, -0.15) is 0 Å². The summed E-state index contributed by atoms with van der Waals surface area (Å²) in [5, 5.41) is 3.01. The third-order valence-corrected chi connectivity index (χ3v) is 3.08. The molecule has 2 aromatic rings. The van der Waals surface area contributed by atoms with Gasteiger partial charge in [0, 0.05) is 12.1 Å². The van der Waals surface area contributed by atoms with E-state index >= 15 is 0 Å². The van der Waals surface area contributed by atoms with Crippen LogP contribution in [-0.2, 0) is 6.54 Å². The minimum absolute atomic E-state index is 0.257. The smallest absolute Gasteiger partial charge is 0.159 e. The molecule has 0 aliphatic carbocycles. The van der Waals surface area contributed by atoms with E-state index in [0.717, 1.165) is 0 Å². The molecule has 0 radical (unpaired) electrons. The quantitative estimate of drug-likeness (QED) is 0.596. The molecule has 1 heterocycles. The van der Waals surface area contributed by atoms with Crippen molar-refractivity contribution >= 4 is 27.6 Å². The van der Waals surface area contributed by atoms with Crippen LogP contribution in [0.5, 0.6) is 0 Å². The predicted octanol–water partition coefficient (Wildman–Crippen LogP) is 2.28. The van der Waals surface area contributed by atoms with Crippen LogP contribution in [0.25, 0.3) is 0 Å². The zero-order valence-corrected chi connectivity index (χ0v) is 10.9. The van der Waals surface area contributed by atoms with E-state index in [0.29, 0.717) is 28.2 Å². The summed E-state index contributed by atoms with van der Waals surface area (Å²) in [5.74, 6) is 6.04. The molecule has 94 valence electrons. The summed E-state index contributed by atoms with van der Waals surface area (Å²) >= 11 is 3.31. The number of nitrogens with two attached hydrogens (primary N) is 1. The average molecular weight is 312 g/mol. The van der Waals surface area contributed by atoms with Gasteiger partial charge < -0.3 is 10.7 Å². The fourth-order valence-electron chi connectivity index (χ4n) is 1.41. The molecule has 7 heteroatoms. The predicted molar refractivity (Wildman–Crippen MR) is 71.3 cm³/mol. The molecule has 0 amide bonds. The number of hydrazine groups is 1. The van der Waals surface area contributed by atoms with Gasteiger partial charge in [0.05, 0.1) is 0 Å². The highest BCUT2D eigenvalue weighted by atomic mass is 79.9. The number of aromatic nitrogens is 2. The number of nitrogens with one attached hydrogen (secondary N) is 2. The highest BCUT2D eigenvalue weighted by Crippen LogP contribution is 2.26. The van der Waals surface area contributed by atoms with Gasteiger partial charge in [-0.15, -0.1) is 0 Å². The van der Waals surface area contributed by atoms with Crippen LogP contribution in [0.3, 0.4) is 0 Å².